The largest absolute Gasteiger partial charge is 0.337 e. The molecule has 0 saturated carbocycles. The molecule has 0 spiro atoms. The van der Waals surface area contributed by atoms with Crippen LogP contribution in [0.25, 0.3) is 0 Å². The van der Waals surface area contributed by atoms with Crippen LogP contribution < -0.4 is 5.73 Å². The number of hydrogen-bond acceptors (Lipinski definition) is 3. The van der Waals surface area contributed by atoms with Crippen LogP contribution in [-0.4, -0.2) is 39.7 Å². The van der Waals surface area contributed by atoms with Crippen molar-refractivity contribution in [2.45, 2.75) is 25.8 Å². The Kier molecular flexibility index (Phi) is 3.47. The Morgan fingerprint density at radius 2 is 2.35 bits per heavy atom. The van der Waals surface area contributed by atoms with E-state index >= 15 is 0 Å². The minimum atomic E-state index is 0.0483. The molecule has 0 bridgehead atoms. The first-order valence-electron chi connectivity index (χ1n) is 6.15. The maximum atomic E-state index is 12.2. The molecule has 2 rings (SSSR count). The fourth-order valence-corrected chi connectivity index (χ4v) is 2.45. The second-order valence-electron chi connectivity index (χ2n) is 4.83. The molecule has 1 aliphatic rings. The molecule has 1 aromatic rings. The SMILES string of the molecule is CCC[C@@H]1CN(C(=O)c2cnn(C)c2)C[C@H]1N. The monoisotopic (exact) mass is 236 g/mol. The van der Waals surface area contributed by atoms with Crippen molar-refractivity contribution in [3.63, 3.8) is 0 Å². The molecule has 5 heteroatoms. The summed E-state index contributed by atoms with van der Waals surface area (Å²) in [5.41, 5.74) is 6.71. The summed E-state index contributed by atoms with van der Waals surface area (Å²) in [5.74, 6) is 0.493. The van der Waals surface area contributed by atoms with Crippen LogP contribution in [0.5, 0.6) is 0 Å². The van der Waals surface area contributed by atoms with Crippen molar-refractivity contribution in [2.24, 2.45) is 18.7 Å². The summed E-state index contributed by atoms with van der Waals surface area (Å²) < 4.78 is 1.65. The third-order valence-electron chi connectivity index (χ3n) is 3.39. The van der Waals surface area contributed by atoms with Gasteiger partial charge in [0.25, 0.3) is 5.91 Å². The van der Waals surface area contributed by atoms with Gasteiger partial charge >= 0.3 is 0 Å². The number of carbonyl (C=O) groups is 1. The lowest BCUT2D eigenvalue weighted by Gasteiger charge is -2.14. The predicted octanol–water partition coefficient (Wildman–Crippen LogP) is 0.620. The van der Waals surface area contributed by atoms with Gasteiger partial charge < -0.3 is 10.6 Å². The van der Waals surface area contributed by atoms with Crippen LogP contribution in [0, 0.1) is 5.92 Å². The molecule has 0 aromatic carbocycles. The number of nitrogens with two attached hydrogens (primary N) is 1. The first-order valence-corrected chi connectivity index (χ1v) is 6.15. The van der Waals surface area contributed by atoms with E-state index in [1.807, 2.05) is 11.9 Å². The van der Waals surface area contributed by atoms with E-state index in [9.17, 15) is 4.79 Å². The zero-order valence-corrected chi connectivity index (χ0v) is 10.5. The maximum Gasteiger partial charge on any atom is 0.257 e. The van der Waals surface area contributed by atoms with Crippen LogP contribution in [0.15, 0.2) is 12.4 Å². The minimum Gasteiger partial charge on any atom is -0.337 e. The van der Waals surface area contributed by atoms with E-state index in [1.54, 1.807) is 17.1 Å². The fourth-order valence-electron chi connectivity index (χ4n) is 2.45. The average Bonchev–Trinajstić information content (AvgIpc) is 2.86. The molecule has 1 saturated heterocycles. The first kappa shape index (κ1) is 12.1. The summed E-state index contributed by atoms with van der Waals surface area (Å²) >= 11 is 0. The van der Waals surface area contributed by atoms with Crippen molar-refractivity contribution in [1.29, 1.82) is 0 Å². The Morgan fingerprint density at radius 3 is 2.94 bits per heavy atom. The van der Waals surface area contributed by atoms with Gasteiger partial charge in [-0.2, -0.15) is 5.10 Å². The van der Waals surface area contributed by atoms with E-state index < -0.39 is 0 Å². The fraction of sp³-hybridized carbons (Fsp3) is 0.667. The smallest absolute Gasteiger partial charge is 0.257 e. The molecule has 2 atom stereocenters. The zero-order valence-electron chi connectivity index (χ0n) is 10.5. The zero-order chi connectivity index (χ0) is 12.4. The van der Waals surface area contributed by atoms with Crippen LogP contribution in [0.2, 0.25) is 0 Å². The Bertz CT molecular complexity index is 401. The molecule has 1 amide bonds. The van der Waals surface area contributed by atoms with Gasteiger partial charge in [-0.3, -0.25) is 9.48 Å². The molecule has 1 aromatic heterocycles. The molecule has 5 nitrogen and oxygen atoms in total. The Hall–Kier alpha value is -1.36. The van der Waals surface area contributed by atoms with Crippen LogP contribution in [-0.2, 0) is 7.05 Å². The Morgan fingerprint density at radius 1 is 1.59 bits per heavy atom. The summed E-state index contributed by atoms with van der Waals surface area (Å²) in [6.07, 6.45) is 5.58. The van der Waals surface area contributed by atoms with Crippen molar-refractivity contribution in [1.82, 2.24) is 14.7 Å². The van der Waals surface area contributed by atoms with Crippen molar-refractivity contribution >= 4 is 5.91 Å². The quantitative estimate of drug-likeness (QED) is 0.836. The normalized spacial score (nSPS) is 24.3. The Labute approximate surface area is 102 Å². The molecule has 1 aliphatic heterocycles. The van der Waals surface area contributed by atoms with Gasteiger partial charge in [0.1, 0.15) is 0 Å². The molecule has 0 unspecified atom stereocenters. The van der Waals surface area contributed by atoms with Gasteiger partial charge in [-0.1, -0.05) is 13.3 Å². The number of nitrogens with zero attached hydrogens (tertiary/aromatic N) is 3. The number of carbonyl (C=O) groups excluding carboxylic acids is 1. The Balaban J connectivity index is 2.02. The lowest BCUT2D eigenvalue weighted by atomic mass is 9.99. The summed E-state index contributed by atoms with van der Waals surface area (Å²) in [7, 11) is 1.81. The predicted molar refractivity (Wildman–Crippen MR) is 65.5 cm³/mol. The van der Waals surface area contributed by atoms with E-state index in [4.69, 9.17) is 5.73 Å². The van der Waals surface area contributed by atoms with Crippen molar-refractivity contribution in [3.8, 4) is 0 Å². The second kappa shape index (κ2) is 4.87. The summed E-state index contributed by atoms with van der Waals surface area (Å²) in [4.78, 5) is 14.0. The lowest BCUT2D eigenvalue weighted by Crippen LogP contribution is -2.32. The van der Waals surface area contributed by atoms with Crippen molar-refractivity contribution in [3.05, 3.63) is 18.0 Å². The standard InChI is InChI=1S/C12H20N4O/c1-3-4-9-7-16(8-11(9)13)12(17)10-5-14-15(2)6-10/h5-6,9,11H,3-4,7-8,13H2,1-2H3/t9-,11-/m1/s1. The molecule has 2 N–H and O–H groups in total. The number of rotatable bonds is 3. The molecule has 1 fully saturated rings. The van der Waals surface area contributed by atoms with Crippen LogP contribution >= 0.6 is 0 Å². The number of aryl methyl sites for hydroxylation is 1. The van der Waals surface area contributed by atoms with Gasteiger partial charge in [-0.05, 0) is 12.3 Å². The number of amides is 1. The highest BCUT2D eigenvalue weighted by Gasteiger charge is 2.32. The number of hydrogen-bond donors (Lipinski definition) is 1. The van der Waals surface area contributed by atoms with Gasteiger partial charge in [0.2, 0.25) is 0 Å². The van der Waals surface area contributed by atoms with E-state index in [0.717, 1.165) is 19.4 Å². The highest BCUT2D eigenvalue weighted by molar-refractivity contribution is 5.94. The second-order valence-corrected chi connectivity index (χ2v) is 4.83. The molecule has 2 heterocycles. The van der Waals surface area contributed by atoms with Gasteiger partial charge in [-0.15, -0.1) is 0 Å². The maximum absolute atomic E-state index is 12.2. The van der Waals surface area contributed by atoms with E-state index in [0.29, 0.717) is 18.0 Å². The van der Waals surface area contributed by atoms with Crippen molar-refractivity contribution < 1.29 is 4.79 Å². The summed E-state index contributed by atoms with van der Waals surface area (Å²) in [6, 6.07) is 0.121. The van der Waals surface area contributed by atoms with E-state index in [2.05, 4.69) is 12.0 Å². The van der Waals surface area contributed by atoms with Gasteiger partial charge in [0.15, 0.2) is 0 Å². The highest BCUT2D eigenvalue weighted by Crippen LogP contribution is 2.21. The highest BCUT2D eigenvalue weighted by atomic mass is 16.2. The van der Waals surface area contributed by atoms with E-state index in [1.165, 1.54) is 0 Å². The van der Waals surface area contributed by atoms with Crippen LogP contribution in [0.3, 0.4) is 0 Å². The van der Waals surface area contributed by atoms with Crippen LogP contribution in [0.1, 0.15) is 30.1 Å². The molecule has 0 radical (unpaired) electrons. The lowest BCUT2D eigenvalue weighted by molar-refractivity contribution is 0.0785. The number of likely N-dealkylation sites (tertiary alicyclic amines) is 1. The third-order valence-corrected chi connectivity index (χ3v) is 3.39. The molecule has 94 valence electrons. The van der Waals surface area contributed by atoms with Crippen LogP contribution in [0.4, 0.5) is 0 Å². The van der Waals surface area contributed by atoms with Gasteiger partial charge in [0.05, 0.1) is 11.8 Å². The van der Waals surface area contributed by atoms with E-state index in [-0.39, 0.29) is 11.9 Å². The third kappa shape index (κ3) is 2.49. The van der Waals surface area contributed by atoms with Crippen molar-refractivity contribution in [2.75, 3.05) is 13.1 Å². The summed E-state index contributed by atoms with van der Waals surface area (Å²) in [6.45, 7) is 3.60. The number of aromatic nitrogens is 2. The molecule has 17 heavy (non-hydrogen) atoms. The molecule has 0 aliphatic carbocycles. The first-order chi connectivity index (χ1) is 8.11. The minimum absolute atomic E-state index is 0.0483. The summed E-state index contributed by atoms with van der Waals surface area (Å²) in [5, 5.41) is 4.02. The average molecular weight is 236 g/mol. The van der Waals surface area contributed by atoms with Gasteiger partial charge in [-0.25, -0.2) is 0 Å². The van der Waals surface area contributed by atoms with Gasteiger partial charge in [0, 0.05) is 32.4 Å². The molecular formula is C12H20N4O. The topological polar surface area (TPSA) is 64.2 Å². The molecular weight excluding hydrogens is 216 g/mol.